The number of rotatable bonds is 3. The number of hydrogen-bond acceptors (Lipinski definition) is 2. The Bertz CT molecular complexity index is 525. The molecule has 1 unspecified atom stereocenters. The lowest BCUT2D eigenvalue weighted by Gasteiger charge is -2.31. The second kappa shape index (κ2) is 5.76. The molecule has 1 heterocycles. The van der Waals surface area contributed by atoms with E-state index in [1.807, 2.05) is 11.0 Å². The molecule has 2 fully saturated rings. The smallest absolute Gasteiger partial charge is 0.244 e. The largest absolute Gasteiger partial charge is 0.321 e. The zero-order chi connectivity index (χ0) is 14.9. The highest BCUT2D eigenvalue weighted by Crippen LogP contribution is 2.40. The highest BCUT2D eigenvalue weighted by Gasteiger charge is 2.51. The zero-order valence-corrected chi connectivity index (χ0v) is 12.6. The van der Waals surface area contributed by atoms with Crippen LogP contribution in [0.3, 0.4) is 0 Å². The summed E-state index contributed by atoms with van der Waals surface area (Å²) in [6.07, 6.45) is 5.64. The van der Waals surface area contributed by atoms with Crippen LogP contribution < -0.4 is 5.32 Å². The van der Waals surface area contributed by atoms with Crippen LogP contribution in [0.1, 0.15) is 57.2 Å². The van der Waals surface area contributed by atoms with Crippen molar-refractivity contribution in [1.82, 2.24) is 10.2 Å². The van der Waals surface area contributed by atoms with Crippen LogP contribution in [0.5, 0.6) is 0 Å². The van der Waals surface area contributed by atoms with Crippen LogP contribution in [0.2, 0.25) is 0 Å². The molecule has 1 N–H and O–H groups in total. The number of carbonyl (C=O) groups excluding carboxylic acids is 1. The molecular weight excluding hydrogens is 267 g/mol. The molecule has 1 aliphatic heterocycles. The Morgan fingerprint density at radius 3 is 2.67 bits per heavy atom. The van der Waals surface area contributed by atoms with Gasteiger partial charge in [0.05, 0.1) is 5.54 Å². The quantitative estimate of drug-likeness (QED) is 0.925. The minimum Gasteiger partial charge on any atom is -0.321 e. The predicted octanol–water partition coefficient (Wildman–Crippen LogP) is 3.37. The Morgan fingerprint density at radius 2 is 2.00 bits per heavy atom. The van der Waals surface area contributed by atoms with Crippen molar-refractivity contribution in [2.45, 2.75) is 57.2 Å². The van der Waals surface area contributed by atoms with Crippen molar-refractivity contribution in [3.05, 3.63) is 35.6 Å². The van der Waals surface area contributed by atoms with E-state index in [0.29, 0.717) is 12.1 Å². The average molecular weight is 290 g/mol. The van der Waals surface area contributed by atoms with Crippen molar-refractivity contribution in [2.75, 3.05) is 6.54 Å². The first-order chi connectivity index (χ1) is 10.2. The van der Waals surface area contributed by atoms with Crippen LogP contribution >= 0.6 is 0 Å². The van der Waals surface area contributed by atoms with Crippen LogP contribution in [0.25, 0.3) is 0 Å². The molecule has 1 aromatic rings. The SMILES string of the molecule is CCCN1C(=O)C2(CCCCC2)NC1c1ccccc1F. The van der Waals surface area contributed by atoms with E-state index in [-0.39, 0.29) is 17.9 Å². The van der Waals surface area contributed by atoms with E-state index in [1.165, 1.54) is 12.5 Å². The summed E-state index contributed by atoms with van der Waals surface area (Å²) < 4.78 is 14.2. The Kier molecular flexibility index (Phi) is 3.98. The van der Waals surface area contributed by atoms with E-state index in [9.17, 15) is 9.18 Å². The maximum absolute atomic E-state index is 14.2. The normalized spacial score (nSPS) is 24.8. The van der Waals surface area contributed by atoms with Crippen LogP contribution in [0, 0.1) is 5.82 Å². The lowest BCUT2D eigenvalue weighted by atomic mass is 9.81. The first-order valence-electron chi connectivity index (χ1n) is 8.01. The predicted molar refractivity (Wildman–Crippen MR) is 80.1 cm³/mol. The van der Waals surface area contributed by atoms with Gasteiger partial charge in [-0.05, 0) is 25.3 Å². The third-order valence-electron chi connectivity index (χ3n) is 4.77. The van der Waals surface area contributed by atoms with Gasteiger partial charge in [0.15, 0.2) is 0 Å². The summed E-state index contributed by atoms with van der Waals surface area (Å²) in [5.41, 5.74) is 0.127. The van der Waals surface area contributed by atoms with Gasteiger partial charge >= 0.3 is 0 Å². The summed E-state index contributed by atoms with van der Waals surface area (Å²) in [4.78, 5) is 14.7. The molecule has 2 aliphatic rings. The average Bonchev–Trinajstić information content (AvgIpc) is 2.75. The number of hydrogen-bond donors (Lipinski definition) is 1. The fourth-order valence-electron chi connectivity index (χ4n) is 3.72. The van der Waals surface area contributed by atoms with Gasteiger partial charge in [-0.15, -0.1) is 0 Å². The van der Waals surface area contributed by atoms with Crippen LogP contribution in [0.15, 0.2) is 24.3 Å². The van der Waals surface area contributed by atoms with Gasteiger partial charge in [0, 0.05) is 12.1 Å². The van der Waals surface area contributed by atoms with E-state index in [1.54, 1.807) is 12.1 Å². The summed E-state index contributed by atoms with van der Waals surface area (Å²) >= 11 is 0. The van der Waals surface area contributed by atoms with E-state index in [0.717, 1.165) is 32.1 Å². The van der Waals surface area contributed by atoms with Gasteiger partial charge in [-0.3, -0.25) is 10.1 Å². The van der Waals surface area contributed by atoms with Gasteiger partial charge in [0.25, 0.3) is 0 Å². The van der Waals surface area contributed by atoms with Crippen molar-refractivity contribution in [2.24, 2.45) is 0 Å². The van der Waals surface area contributed by atoms with E-state index in [4.69, 9.17) is 0 Å². The van der Waals surface area contributed by atoms with Crippen LogP contribution in [-0.2, 0) is 4.79 Å². The second-order valence-electron chi connectivity index (χ2n) is 6.21. The fraction of sp³-hybridized carbons (Fsp3) is 0.588. The molecule has 114 valence electrons. The molecule has 4 heteroatoms. The summed E-state index contributed by atoms with van der Waals surface area (Å²) in [6.45, 7) is 2.73. The molecule has 1 aliphatic carbocycles. The summed E-state index contributed by atoms with van der Waals surface area (Å²) in [5, 5.41) is 3.48. The van der Waals surface area contributed by atoms with Crippen molar-refractivity contribution in [3.8, 4) is 0 Å². The van der Waals surface area contributed by atoms with Gasteiger partial charge in [0.1, 0.15) is 12.0 Å². The van der Waals surface area contributed by atoms with Crippen molar-refractivity contribution >= 4 is 5.91 Å². The third kappa shape index (κ3) is 2.46. The van der Waals surface area contributed by atoms with Gasteiger partial charge in [-0.1, -0.05) is 44.4 Å². The van der Waals surface area contributed by atoms with Crippen molar-refractivity contribution < 1.29 is 9.18 Å². The summed E-state index contributed by atoms with van der Waals surface area (Å²) in [5.74, 6) is -0.0749. The lowest BCUT2D eigenvalue weighted by molar-refractivity contribution is -0.134. The van der Waals surface area contributed by atoms with Crippen LogP contribution in [-0.4, -0.2) is 22.9 Å². The first-order valence-corrected chi connectivity index (χ1v) is 8.01. The van der Waals surface area contributed by atoms with E-state index >= 15 is 0 Å². The third-order valence-corrected chi connectivity index (χ3v) is 4.77. The Morgan fingerprint density at radius 1 is 1.29 bits per heavy atom. The maximum Gasteiger partial charge on any atom is 0.244 e. The second-order valence-corrected chi connectivity index (χ2v) is 6.21. The highest BCUT2D eigenvalue weighted by molar-refractivity contribution is 5.89. The molecule has 0 bridgehead atoms. The summed E-state index contributed by atoms with van der Waals surface area (Å²) in [6, 6.07) is 6.78. The minimum absolute atomic E-state index is 0.164. The van der Waals surface area contributed by atoms with Crippen molar-refractivity contribution in [1.29, 1.82) is 0 Å². The molecule has 3 nitrogen and oxygen atoms in total. The van der Waals surface area contributed by atoms with Gasteiger partial charge < -0.3 is 4.90 Å². The molecule has 1 saturated carbocycles. The molecule has 0 radical (unpaired) electrons. The van der Waals surface area contributed by atoms with E-state index in [2.05, 4.69) is 12.2 Å². The minimum atomic E-state index is -0.458. The molecule has 1 aromatic carbocycles. The Balaban J connectivity index is 1.95. The summed E-state index contributed by atoms with van der Waals surface area (Å²) in [7, 11) is 0. The Hall–Kier alpha value is -1.42. The monoisotopic (exact) mass is 290 g/mol. The van der Waals surface area contributed by atoms with Crippen molar-refractivity contribution in [3.63, 3.8) is 0 Å². The number of amides is 1. The van der Waals surface area contributed by atoms with Gasteiger partial charge in [0.2, 0.25) is 5.91 Å². The topological polar surface area (TPSA) is 32.3 Å². The van der Waals surface area contributed by atoms with Gasteiger partial charge in [-0.2, -0.15) is 0 Å². The molecule has 0 aromatic heterocycles. The number of halogens is 1. The number of nitrogens with one attached hydrogen (secondary N) is 1. The van der Waals surface area contributed by atoms with Gasteiger partial charge in [-0.25, -0.2) is 4.39 Å². The first kappa shape index (κ1) is 14.5. The number of carbonyl (C=O) groups is 1. The molecule has 3 rings (SSSR count). The lowest BCUT2D eigenvalue weighted by Crippen LogP contribution is -2.48. The molecule has 1 spiro atoms. The maximum atomic E-state index is 14.2. The molecule has 1 amide bonds. The Labute approximate surface area is 125 Å². The molecular formula is C17H23FN2O. The molecule has 1 saturated heterocycles. The standard InChI is InChI=1S/C17H23FN2O/c1-2-12-20-15(13-8-4-5-9-14(13)18)19-17(16(20)21)10-6-3-7-11-17/h4-5,8-9,15,19H,2-3,6-7,10-12H2,1H3. The van der Waals surface area contributed by atoms with E-state index < -0.39 is 5.54 Å². The number of benzene rings is 1. The van der Waals surface area contributed by atoms with Crippen LogP contribution in [0.4, 0.5) is 4.39 Å². The fourth-order valence-corrected chi connectivity index (χ4v) is 3.72. The molecule has 1 atom stereocenters. The molecule has 21 heavy (non-hydrogen) atoms. The highest BCUT2D eigenvalue weighted by atomic mass is 19.1. The zero-order valence-electron chi connectivity index (χ0n) is 12.6. The number of nitrogens with zero attached hydrogens (tertiary/aromatic N) is 1.